The van der Waals surface area contributed by atoms with E-state index in [2.05, 4.69) is 31.0 Å². The zero-order valence-corrected chi connectivity index (χ0v) is 13.0. The molecule has 0 aliphatic carbocycles. The van der Waals surface area contributed by atoms with Gasteiger partial charge in [0, 0.05) is 6.07 Å². The van der Waals surface area contributed by atoms with Crippen LogP contribution in [0.1, 0.15) is 9.67 Å². The molecule has 0 saturated heterocycles. The van der Waals surface area contributed by atoms with Crippen LogP contribution < -0.4 is 5.32 Å². The number of carbonyl (C=O) groups is 1. The fourth-order valence-corrected chi connectivity index (χ4v) is 2.74. The van der Waals surface area contributed by atoms with Crippen molar-refractivity contribution < 1.29 is 18.3 Å². The predicted molar refractivity (Wildman–Crippen MR) is 75.8 cm³/mol. The smallest absolute Gasteiger partial charge is 0.351 e. The van der Waals surface area contributed by atoms with Gasteiger partial charge in [0.05, 0.1) is 17.3 Å². The molecule has 0 atom stereocenters. The van der Waals surface area contributed by atoms with E-state index in [4.69, 9.17) is 11.6 Å². The quantitative estimate of drug-likeness (QED) is 0.632. The maximum Gasteiger partial charge on any atom is 0.351 e. The number of nitrogens with one attached hydrogen (secondary N) is 1. The van der Waals surface area contributed by atoms with E-state index in [1.165, 1.54) is 7.11 Å². The fraction of sp³-hybridized carbons (Fsp3) is 0.0909. The largest absolute Gasteiger partial charge is 0.465 e. The Balaban J connectivity index is 2.31. The molecule has 1 heterocycles. The molecule has 1 N–H and O–H groups in total. The van der Waals surface area contributed by atoms with Crippen molar-refractivity contribution in [3.05, 3.63) is 38.3 Å². The normalized spacial score (nSPS) is 10.4. The lowest BCUT2D eigenvalue weighted by atomic mass is 10.3. The van der Waals surface area contributed by atoms with Crippen LogP contribution in [0.3, 0.4) is 0 Å². The number of carbonyl (C=O) groups excluding carboxylic acids is 1. The Morgan fingerprint density at radius 2 is 2.15 bits per heavy atom. The summed E-state index contributed by atoms with van der Waals surface area (Å²) in [7, 11) is 1.20. The van der Waals surface area contributed by atoms with Gasteiger partial charge < -0.3 is 10.1 Å². The highest BCUT2D eigenvalue weighted by Crippen LogP contribution is 2.31. The number of esters is 1. The first-order valence-corrected chi connectivity index (χ1v) is 7.07. The molecule has 0 amide bonds. The second kappa shape index (κ2) is 6.02. The van der Waals surface area contributed by atoms with Crippen molar-refractivity contribution in [1.82, 2.24) is 4.98 Å². The van der Waals surface area contributed by atoms with Crippen molar-refractivity contribution >= 4 is 55.7 Å². The van der Waals surface area contributed by atoms with Crippen LogP contribution in [-0.2, 0) is 4.74 Å². The van der Waals surface area contributed by atoms with Crippen molar-refractivity contribution in [2.24, 2.45) is 0 Å². The van der Waals surface area contributed by atoms with Gasteiger partial charge in [0.15, 0.2) is 15.2 Å². The SMILES string of the molecule is COC(=O)c1sc(Nc2cc(F)c(Br)cc2F)nc1Cl. The topological polar surface area (TPSA) is 51.2 Å². The highest BCUT2D eigenvalue weighted by molar-refractivity contribution is 9.10. The van der Waals surface area contributed by atoms with Gasteiger partial charge in [-0.25, -0.2) is 18.6 Å². The molecule has 1 aromatic heterocycles. The Bertz CT molecular complexity index is 681. The van der Waals surface area contributed by atoms with Gasteiger partial charge in [0.1, 0.15) is 11.6 Å². The summed E-state index contributed by atoms with van der Waals surface area (Å²) >= 11 is 9.51. The van der Waals surface area contributed by atoms with E-state index < -0.39 is 17.6 Å². The van der Waals surface area contributed by atoms with Gasteiger partial charge in [-0.2, -0.15) is 0 Å². The second-order valence-electron chi connectivity index (χ2n) is 3.50. The fourth-order valence-electron chi connectivity index (χ4n) is 1.31. The molecule has 2 aromatic rings. The van der Waals surface area contributed by atoms with Gasteiger partial charge in [0.25, 0.3) is 0 Å². The van der Waals surface area contributed by atoms with Gasteiger partial charge >= 0.3 is 5.97 Å². The van der Waals surface area contributed by atoms with Gasteiger partial charge in [-0.15, -0.1) is 0 Å². The Morgan fingerprint density at radius 3 is 2.80 bits per heavy atom. The summed E-state index contributed by atoms with van der Waals surface area (Å²) in [6, 6.07) is 1.95. The predicted octanol–water partition coefficient (Wildman–Crippen LogP) is 4.37. The third kappa shape index (κ3) is 3.08. The van der Waals surface area contributed by atoms with Crippen LogP contribution >= 0.6 is 38.9 Å². The lowest BCUT2D eigenvalue weighted by molar-refractivity contribution is 0.0606. The molecule has 0 spiro atoms. The average molecular weight is 384 g/mol. The lowest BCUT2D eigenvalue weighted by Crippen LogP contribution is -1.98. The zero-order chi connectivity index (χ0) is 14.9. The number of anilines is 2. The number of rotatable bonds is 3. The van der Waals surface area contributed by atoms with Crippen LogP contribution in [0.2, 0.25) is 5.15 Å². The van der Waals surface area contributed by atoms with E-state index in [1.807, 2.05) is 0 Å². The molecule has 0 aliphatic heterocycles. The minimum Gasteiger partial charge on any atom is -0.465 e. The first-order valence-electron chi connectivity index (χ1n) is 5.08. The number of hydrogen-bond donors (Lipinski definition) is 1. The molecular formula is C11H6BrClF2N2O2S. The summed E-state index contributed by atoms with van der Waals surface area (Å²) in [6.45, 7) is 0. The van der Waals surface area contributed by atoms with Crippen molar-refractivity contribution in [1.29, 1.82) is 0 Å². The van der Waals surface area contributed by atoms with Gasteiger partial charge in [0.2, 0.25) is 0 Å². The molecule has 2 rings (SSSR count). The monoisotopic (exact) mass is 382 g/mol. The van der Waals surface area contributed by atoms with Crippen LogP contribution in [0.5, 0.6) is 0 Å². The van der Waals surface area contributed by atoms with E-state index >= 15 is 0 Å². The average Bonchev–Trinajstić information content (AvgIpc) is 2.76. The van der Waals surface area contributed by atoms with Crippen molar-refractivity contribution in [2.75, 3.05) is 12.4 Å². The standard InChI is InChI=1S/C11H6BrClF2N2O2S/c1-19-10(18)8-9(13)17-11(20-8)16-7-3-5(14)4(12)2-6(7)15/h2-3H,1H3,(H,16,17). The van der Waals surface area contributed by atoms with Crippen molar-refractivity contribution in [3.8, 4) is 0 Å². The Kier molecular flexibility index (Phi) is 4.56. The van der Waals surface area contributed by atoms with Crippen LogP contribution in [-0.4, -0.2) is 18.1 Å². The molecule has 9 heteroatoms. The Hall–Kier alpha value is -1.25. The van der Waals surface area contributed by atoms with Crippen molar-refractivity contribution in [2.45, 2.75) is 0 Å². The molecule has 0 aliphatic rings. The number of halogens is 4. The first-order chi connectivity index (χ1) is 9.42. The molecule has 20 heavy (non-hydrogen) atoms. The molecule has 0 bridgehead atoms. The summed E-state index contributed by atoms with van der Waals surface area (Å²) in [5, 5.41) is 2.64. The maximum absolute atomic E-state index is 13.6. The Labute approximate surface area is 129 Å². The molecule has 0 saturated carbocycles. The molecule has 4 nitrogen and oxygen atoms in total. The molecule has 0 unspecified atom stereocenters. The van der Waals surface area contributed by atoms with Crippen LogP contribution in [0.4, 0.5) is 19.6 Å². The summed E-state index contributed by atoms with van der Waals surface area (Å²) < 4.78 is 31.5. The van der Waals surface area contributed by atoms with Crippen LogP contribution in [0.25, 0.3) is 0 Å². The number of nitrogens with zero attached hydrogens (tertiary/aromatic N) is 1. The number of ether oxygens (including phenoxy) is 1. The number of aromatic nitrogens is 1. The summed E-state index contributed by atoms with van der Waals surface area (Å²) in [5.41, 5.74) is -0.118. The van der Waals surface area contributed by atoms with Gasteiger partial charge in [-0.05, 0) is 22.0 Å². The van der Waals surface area contributed by atoms with E-state index in [1.54, 1.807) is 0 Å². The maximum atomic E-state index is 13.6. The number of methoxy groups -OCH3 is 1. The molecular weight excluding hydrogens is 378 g/mol. The van der Waals surface area contributed by atoms with Crippen molar-refractivity contribution in [3.63, 3.8) is 0 Å². The molecule has 0 radical (unpaired) electrons. The van der Waals surface area contributed by atoms with Crippen LogP contribution in [0.15, 0.2) is 16.6 Å². The second-order valence-corrected chi connectivity index (χ2v) is 5.71. The summed E-state index contributed by atoms with van der Waals surface area (Å²) in [4.78, 5) is 15.3. The minimum absolute atomic E-state index is 0.00738. The molecule has 1 aromatic carbocycles. The summed E-state index contributed by atoms with van der Waals surface area (Å²) in [6.07, 6.45) is 0. The van der Waals surface area contributed by atoms with E-state index in [9.17, 15) is 13.6 Å². The van der Waals surface area contributed by atoms with Gasteiger partial charge in [-0.1, -0.05) is 22.9 Å². The highest BCUT2D eigenvalue weighted by Gasteiger charge is 2.18. The first kappa shape index (κ1) is 15.1. The minimum atomic E-state index is -0.677. The molecule has 0 fully saturated rings. The third-order valence-electron chi connectivity index (χ3n) is 2.21. The van der Waals surface area contributed by atoms with Crippen LogP contribution in [0, 0.1) is 11.6 Å². The Morgan fingerprint density at radius 1 is 1.45 bits per heavy atom. The van der Waals surface area contributed by atoms with E-state index in [0.717, 1.165) is 23.5 Å². The molecule has 106 valence electrons. The van der Waals surface area contributed by atoms with E-state index in [0.29, 0.717) is 0 Å². The third-order valence-corrected chi connectivity index (χ3v) is 4.15. The summed E-state index contributed by atoms with van der Waals surface area (Å²) in [5.74, 6) is -1.96. The van der Waals surface area contributed by atoms with E-state index in [-0.39, 0.29) is 25.3 Å². The lowest BCUT2D eigenvalue weighted by Gasteiger charge is -2.05. The highest BCUT2D eigenvalue weighted by atomic mass is 79.9. The number of benzene rings is 1. The van der Waals surface area contributed by atoms with Gasteiger partial charge in [-0.3, -0.25) is 0 Å². The number of hydrogen-bond acceptors (Lipinski definition) is 5. The number of thiazole rings is 1. The zero-order valence-electron chi connectivity index (χ0n) is 9.84.